The summed E-state index contributed by atoms with van der Waals surface area (Å²) in [7, 11) is 1.98. The van der Waals surface area contributed by atoms with Crippen molar-refractivity contribution in [2.45, 2.75) is 51.3 Å². The van der Waals surface area contributed by atoms with Gasteiger partial charge in [-0.3, -0.25) is 10.1 Å². The van der Waals surface area contributed by atoms with E-state index in [0.717, 1.165) is 25.9 Å². The summed E-state index contributed by atoms with van der Waals surface area (Å²) in [5.74, 6) is 1.34. The number of nitrogens with one attached hydrogen (secondary N) is 1. The molecule has 24 heavy (non-hydrogen) atoms. The molecule has 2 aliphatic carbocycles. The van der Waals surface area contributed by atoms with Crippen LogP contribution in [0.2, 0.25) is 0 Å². The van der Waals surface area contributed by atoms with E-state index in [1.54, 1.807) is 0 Å². The molecule has 3 fully saturated rings. The number of nitrogens with zero attached hydrogens (tertiary/aromatic N) is 4. The summed E-state index contributed by atoms with van der Waals surface area (Å²) in [5.41, 5.74) is -0.0421. The number of fused-ring (bicyclic) bond motifs is 1. The Kier molecular flexibility index (Phi) is 3.42. The largest absolute Gasteiger partial charge is 0.377 e. The molecule has 0 unspecified atom stereocenters. The van der Waals surface area contributed by atoms with Crippen LogP contribution in [0.5, 0.6) is 0 Å². The average molecular weight is 333 g/mol. The molecule has 0 radical (unpaired) electrons. The van der Waals surface area contributed by atoms with E-state index in [4.69, 9.17) is 4.74 Å². The van der Waals surface area contributed by atoms with Crippen molar-refractivity contribution in [1.29, 1.82) is 0 Å². The van der Waals surface area contributed by atoms with E-state index in [2.05, 4.69) is 34.0 Å². The van der Waals surface area contributed by atoms with Crippen LogP contribution in [0.15, 0.2) is 6.20 Å². The number of ether oxygens (including phenoxy) is 1. The molecule has 8 heteroatoms. The predicted octanol–water partition coefficient (Wildman–Crippen LogP) is 2.21. The van der Waals surface area contributed by atoms with E-state index in [1.165, 1.54) is 6.20 Å². The van der Waals surface area contributed by atoms with Gasteiger partial charge < -0.3 is 15.0 Å². The van der Waals surface area contributed by atoms with Crippen LogP contribution in [-0.4, -0.2) is 46.7 Å². The summed E-state index contributed by atoms with van der Waals surface area (Å²) in [6, 6.07) is 0.574. The first kappa shape index (κ1) is 15.6. The molecule has 1 aromatic heterocycles. The molecule has 2 heterocycles. The van der Waals surface area contributed by atoms with E-state index < -0.39 is 4.92 Å². The van der Waals surface area contributed by atoms with Crippen molar-refractivity contribution in [2.75, 3.05) is 23.9 Å². The second-order valence-electron chi connectivity index (χ2n) is 7.70. The van der Waals surface area contributed by atoms with Crippen LogP contribution < -0.4 is 10.2 Å². The van der Waals surface area contributed by atoms with Crippen molar-refractivity contribution < 1.29 is 9.66 Å². The second kappa shape index (κ2) is 5.27. The Morgan fingerprint density at radius 2 is 2.17 bits per heavy atom. The van der Waals surface area contributed by atoms with E-state index in [-0.39, 0.29) is 23.2 Å². The molecular weight excluding hydrogens is 310 g/mol. The molecule has 130 valence electrons. The van der Waals surface area contributed by atoms with E-state index in [0.29, 0.717) is 23.7 Å². The lowest BCUT2D eigenvalue weighted by molar-refractivity contribution is -0.384. The van der Waals surface area contributed by atoms with Gasteiger partial charge in [0.15, 0.2) is 0 Å². The third-order valence-electron chi connectivity index (χ3n) is 5.64. The van der Waals surface area contributed by atoms with Crippen LogP contribution in [0.25, 0.3) is 0 Å². The minimum absolute atomic E-state index is 0.0190. The van der Waals surface area contributed by atoms with E-state index in [1.807, 2.05) is 7.05 Å². The van der Waals surface area contributed by atoms with Gasteiger partial charge in [-0.2, -0.15) is 4.98 Å². The molecule has 8 nitrogen and oxygen atoms in total. The van der Waals surface area contributed by atoms with Gasteiger partial charge in [0.25, 0.3) is 0 Å². The zero-order valence-electron chi connectivity index (χ0n) is 14.2. The fraction of sp³-hybridized carbons (Fsp3) is 0.750. The van der Waals surface area contributed by atoms with Gasteiger partial charge in [-0.15, -0.1) is 0 Å². The third kappa shape index (κ3) is 2.31. The van der Waals surface area contributed by atoms with Gasteiger partial charge in [-0.25, -0.2) is 4.98 Å². The molecule has 3 atom stereocenters. The van der Waals surface area contributed by atoms with Crippen molar-refractivity contribution >= 4 is 17.5 Å². The lowest BCUT2D eigenvalue weighted by atomic mass is 9.57. The van der Waals surface area contributed by atoms with Crippen LogP contribution in [0, 0.1) is 21.4 Å². The second-order valence-corrected chi connectivity index (χ2v) is 7.70. The molecule has 1 N–H and O–H groups in total. The summed E-state index contributed by atoms with van der Waals surface area (Å²) in [5, 5.41) is 14.4. The monoisotopic (exact) mass is 333 g/mol. The molecule has 1 aliphatic heterocycles. The highest BCUT2D eigenvalue weighted by atomic mass is 16.6. The number of nitro groups is 1. The zero-order chi connectivity index (χ0) is 17.1. The van der Waals surface area contributed by atoms with E-state index in [9.17, 15) is 10.1 Å². The van der Waals surface area contributed by atoms with Crippen molar-refractivity contribution in [1.82, 2.24) is 9.97 Å². The quantitative estimate of drug-likeness (QED) is 0.652. The standard InChI is InChI=1S/C16H23N5O3/c1-16(2)12(10-6-7-24-13(10)16)20(3)15-17-8-11(21(22)23)14(19-15)18-9-4-5-9/h8-10,12-13H,4-7H2,1-3H3,(H,17,18,19)/t10-,12+,13-/m0/s1. The van der Waals surface area contributed by atoms with Crippen LogP contribution in [-0.2, 0) is 4.74 Å². The molecule has 0 bridgehead atoms. The molecule has 0 aromatic carbocycles. The Bertz CT molecular complexity index is 676. The molecule has 1 saturated heterocycles. The van der Waals surface area contributed by atoms with Gasteiger partial charge in [0.1, 0.15) is 6.20 Å². The Morgan fingerprint density at radius 3 is 2.83 bits per heavy atom. The molecule has 1 aromatic rings. The normalized spacial score (nSPS) is 30.4. The first-order valence-corrected chi connectivity index (χ1v) is 8.52. The lowest BCUT2D eigenvalue weighted by Gasteiger charge is -2.57. The van der Waals surface area contributed by atoms with E-state index >= 15 is 0 Å². The first-order chi connectivity index (χ1) is 11.4. The minimum atomic E-state index is -0.428. The van der Waals surface area contributed by atoms with Crippen molar-refractivity contribution in [3.63, 3.8) is 0 Å². The highest BCUT2D eigenvalue weighted by Gasteiger charge is 2.61. The summed E-state index contributed by atoms with van der Waals surface area (Å²) < 4.78 is 5.85. The van der Waals surface area contributed by atoms with Crippen LogP contribution in [0.4, 0.5) is 17.5 Å². The van der Waals surface area contributed by atoms with Crippen LogP contribution >= 0.6 is 0 Å². The van der Waals surface area contributed by atoms with Crippen molar-refractivity contribution in [2.24, 2.45) is 11.3 Å². The number of aromatic nitrogens is 2. The predicted molar refractivity (Wildman–Crippen MR) is 89.2 cm³/mol. The topological polar surface area (TPSA) is 93.4 Å². The molecule has 2 saturated carbocycles. The maximum Gasteiger partial charge on any atom is 0.329 e. The van der Waals surface area contributed by atoms with Gasteiger partial charge in [0, 0.05) is 37.1 Å². The SMILES string of the molecule is CN(c1ncc([N+](=O)[O-])c(NC2CC2)n1)[C@@H]1[C@@H]2CCO[C@@H]2C1(C)C. The molecule has 4 rings (SSSR count). The van der Waals surface area contributed by atoms with Gasteiger partial charge in [0.05, 0.1) is 11.0 Å². The van der Waals surface area contributed by atoms with Crippen molar-refractivity contribution in [3.05, 3.63) is 16.3 Å². The average Bonchev–Trinajstić information content (AvgIpc) is 3.22. The molecule has 0 amide bonds. The minimum Gasteiger partial charge on any atom is -0.377 e. The maximum absolute atomic E-state index is 11.2. The maximum atomic E-state index is 11.2. The fourth-order valence-corrected chi connectivity index (χ4v) is 4.41. The summed E-state index contributed by atoms with van der Waals surface area (Å²) in [4.78, 5) is 21.6. The Labute approximate surface area is 140 Å². The fourth-order valence-electron chi connectivity index (χ4n) is 4.41. The van der Waals surface area contributed by atoms with Gasteiger partial charge in [-0.1, -0.05) is 13.8 Å². The van der Waals surface area contributed by atoms with Crippen molar-refractivity contribution in [3.8, 4) is 0 Å². The molecule has 0 spiro atoms. The lowest BCUT2D eigenvalue weighted by Crippen LogP contribution is -2.66. The van der Waals surface area contributed by atoms with Gasteiger partial charge in [0.2, 0.25) is 11.8 Å². The number of rotatable bonds is 5. The van der Waals surface area contributed by atoms with Gasteiger partial charge >= 0.3 is 5.69 Å². The van der Waals surface area contributed by atoms with Gasteiger partial charge in [-0.05, 0) is 19.3 Å². The molecular formula is C16H23N5O3. The summed E-state index contributed by atoms with van der Waals surface area (Å²) in [6.45, 7) is 5.21. The Balaban J connectivity index is 1.62. The van der Waals surface area contributed by atoms with Crippen LogP contribution in [0.1, 0.15) is 33.1 Å². The summed E-state index contributed by atoms with van der Waals surface area (Å²) >= 11 is 0. The zero-order valence-corrected chi connectivity index (χ0v) is 14.2. The third-order valence-corrected chi connectivity index (χ3v) is 5.64. The number of hydrogen-bond acceptors (Lipinski definition) is 7. The Hall–Kier alpha value is -1.96. The number of hydrogen-bond donors (Lipinski definition) is 1. The Morgan fingerprint density at radius 1 is 1.42 bits per heavy atom. The smallest absolute Gasteiger partial charge is 0.329 e. The summed E-state index contributed by atoms with van der Waals surface area (Å²) in [6.07, 6.45) is 4.71. The highest BCUT2D eigenvalue weighted by Crippen LogP contribution is 2.54. The first-order valence-electron chi connectivity index (χ1n) is 8.52. The van der Waals surface area contributed by atoms with Crippen LogP contribution in [0.3, 0.4) is 0 Å². The highest BCUT2D eigenvalue weighted by molar-refractivity contribution is 5.58. The molecule has 3 aliphatic rings. The number of anilines is 2.